The van der Waals surface area contributed by atoms with Crippen LogP contribution in [0.1, 0.15) is 19.2 Å². The smallest absolute Gasteiger partial charge is 0.182 e. The molecule has 0 amide bonds. The third-order valence-corrected chi connectivity index (χ3v) is 5.95. The van der Waals surface area contributed by atoms with Gasteiger partial charge in [-0.1, -0.05) is 6.92 Å². The minimum atomic E-state index is 0.0996. The van der Waals surface area contributed by atoms with E-state index >= 15 is 0 Å². The van der Waals surface area contributed by atoms with Crippen molar-refractivity contribution in [1.29, 1.82) is 0 Å². The van der Waals surface area contributed by atoms with Crippen LogP contribution in [0.2, 0.25) is 0 Å². The van der Waals surface area contributed by atoms with E-state index in [0.29, 0.717) is 17.5 Å². The predicted octanol–water partition coefficient (Wildman–Crippen LogP) is 0.949. The summed E-state index contributed by atoms with van der Waals surface area (Å²) in [6.07, 6.45) is 1.35. The average molecular weight is 272 g/mol. The second kappa shape index (κ2) is 5.86. The maximum absolute atomic E-state index is 12.2. The molecule has 5 nitrogen and oxygen atoms in total. The fourth-order valence-electron chi connectivity index (χ4n) is 1.85. The van der Waals surface area contributed by atoms with Gasteiger partial charge in [-0.3, -0.25) is 4.79 Å². The highest BCUT2D eigenvalue weighted by Crippen LogP contribution is 2.34. The highest BCUT2D eigenvalue weighted by atomic mass is 32.2. The van der Waals surface area contributed by atoms with Crippen molar-refractivity contribution in [3.8, 4) is 0 Å². The van der Waals surface area contributed by atoms with Gasteiger partial charge in [0.1, 0.15) is 0 Å². The summed E-state index contributed by atoms with van der Waals surface area (Å²) in [5.41, 5.74) is 0. The Balaban J connectivity index is 1.98. The van der Waals surface area contributed by atoms with Crippen molar-refractivity contribution in [2.45, 2.75) is 30.3 Å². The topological polar surface area (TPSA) is 60.7 Å². The van der Waals surface area contributed by atoms with E-state index in [4.69, 9.17) is 0 Å². The van der Waals surface area contributed by atoms with E-state index in [9.17, 15) is 4.79 Å². The van der Waals surface area contributed by atoms with Crippen LogP contribution in [0.25, 0.3) is 0 Å². The van der Waals surface area contributed by atoms with Crippen molar-refractivity contribution in [3.63, 3.8) is 0 Å². The lowest BCUT2D eigenvalue weighted by atomic mass is 10.1. The van der Waals surface area contributed by atoms with Gasteiger partial charge in [-0.05, 0) is 11.6 Å². The fourth-order valence-corrected chi connectivity index (χ4v) is 4.89. The number of carbonyl (C=O) groups excluding carboxylic acids is 1. The molecule has 94 valence electrons. The van der Waals surface area contributed by atoms with Gasteiger partial charge in [-0.2, -0.15) is 16.6 Å². The van der Waals surface area contributed by atoms with Crippen LogP contribution in [0.4, 0.5) is 0 Å². The van der Waals surface area contributed by atoms with E-state index in [2.05, 4.69) is 22.3 Å². The zero-order valence-electron chi connectivity index (χ0n) is 10.00. The number of ketones is 1. The van der Waals surface area contributed by atoms with Gasteiger partial charge in [0.05, 0.1) is 18.7 Å². The summed E-state index contributed by atoms with van der Waals surface area (Å²) >= 11 is 3.69. The highest BCUT2D eigenvalue weighted by Gasteiger charge is 2.31. The first-order valence-electron chi connectivity index (χ1n) is 5.69. The van der Waals surface area contributed by atoms with Gasteiger partial charge in [-0.15, -0.1) is 22.0 Å². The maximum Gasteiger partial charge on any atom is 0.182 e. The van der Waals surface area contributed by atoms with Crippen molar-refractivity contribution in [2.75, 3.05) is 11.5 Å². The SMILES string of the molecule is CCC1SCCSC1C(=O)Cc1nnn(C)n1. The van der Waals surface area contributed by atoms with E-state index in [1.54, 1.807) is 18.8 Å². The molecule has 2 heterocycles. The van der Waals surface area contributed by atoms with Crippen molar-refractivity contribution < 1.29 is 4.79 Å². The van der Waals surface area contributed by atoms with Gasteiger partial charge in [0.2, 0.25) is 0 Å². The van der Waals surface area contributed by atoms with E-state index in [-0.39, 0.29) is 11.0 Å². The molecule has 0 radical (unpaired) electrons. The number of rotatable bonds is 4. The van der Waals surface area contributed by atoms with Gasteiger partial charge in [0.25, 0.3) is 0 Å². The standard InChI is InChI=1S/C10H16N4OS2/c1-3-8-10(17-5-4-16-8)7(15)6-9-11-13-14(2)12-9/h8,10H,3-6H2,1-2H3. The fraction of sp³-hybridized carbons (Fsp3) is 0.800. The van der Waals surface area contributed by atoms with Gasteiger partial charge in [0.15, 0.2) is 11.6 Å². The zero-order valence-corrected chi connectivity index (χ0v) is 11.6. The van der Waals surface area contributed by atoms with Crippen LogP contribution in [0, 0.1) is 0 Å². The monoisotopic (exact) mass is 272 g/mol. The number of nitrogens with zero attached hydrogens (tertiary/aromatic N) is 4. The minimum Gasteiger partial charge on any atom is -0.298 e. The summed E-state index contributed by atoms with van der Waals surface area (Å²) in [7, 11) is 1.71. The molecule has 2 atom stereocenters. The number of tetrazole rings is 1. The van der Waals surface area contributed by atoms with Crippen LogP contribution in [-0.4, -0.2) is 48.0 Å². The van der Waals surface area contributed by atoms with Gasteiger partial charge >= 0.3 is 0 Å². The first-order valence-corrected chi connectivity index (χ1v) is 7.79. The Bertz CT molecular complexity index is 395. The van der Waals surface area contributed by atoms with Crippen molar-refractivity contribution in [2.24, 2.45) is 7.05 Å². The van der Waals surface area contributed by atoms with Crippen LogP contribution in [0.3, 0.4) is 0 Å². The number of thioether (sulfide) groups is 2. The third-order valence-electron chi connectivity index (χ3n) is 2.65. The molecular weight excluding hydrogens is 256 g/mol. The minimum absolute atomic E-state index is 0.0996. The summed E-state index contributed by atoms with van der Waals surface area (Å²) in [4.78, 5) is 13.6. The summed E-state index contributed by atoms with van der Waals surface area (Å²) < 4.78 is 0. The van der Waals surface area contributed by atoms with Gasteiger partial charge in [0, 0.05) is 16.8 Å². The Morgan fingerprint density at radius 2 is 2.24 bits per heavy atom. The molecule has 1 aromatic rings. The van der Waals surface area contributed by atoms with Crippen LogP contribution in [-0.2, 0) is 18.3 Å². The lowest BCUT2D eigenvalue weighted by Crippen LogP contribution is -2.34. The van der Waals surface area contributed by atoms with Crippen LogP contribution >= 0.6 is 23.5 Å². The number of aryl methyl sites for hydroxylation is 1. The Hall–Kier alpha value is -0.560. The molecule has 0 aliphatic carbocycles. The summed E-state index contributed by atoms with van der Waals surface area (Å²) in [5.74, 6) is 2.98. The van der Waals surface area contributed by atoms with Crippen molar-refractivity contribution in [1.82, 2.24) is 20.2 Å². The van der Waals surface area contributed by atoms with Gasteiger partial charge in [-0.25, -0.2) is 0 Å². The summed E-state index contributed by atoms with van der Waals surface area (Å²) in [6.45, 7) is 2.14. The lowest BCUT2D eigenvalue weighted by molar-refractivity contribution is -0.118. The molecule has 17 heavy (non-hydrogen) atoms. The number of carbonyl (C=O) groups is 1. The molecular formula is C10H16N4OS2. The van der Waals surface area contributed by atoms with E-state index < -0.39 is 0 Å². The second-order valence-corrected chi connectivity index (χ2v) is 6.54. The third kappa shape index (κ3) is 3.22. The zero-order chi connectivity index (χ0) is 12.3. The Morgan fingerprint density at radius 1 is 1.47 bits per heavy atom. The van der Waals surface area contributed by atoms with Crippen LogP contribution < -0.4 is 0 Å². The second-order valence-electron chi connectivity index (χ2n) is 3.95. The van der Waals surface area contributed by atoms with Crippen molar-refractivity contribution in [3.05, 3.63) is 5.82 Å². The molecule has 1 fully saturated rings. The number of hydrogen-bond donors (Lipinski definition) is 0. The number of Topliss-reactive ketones (excluding diaryl/α,β-unsaturated/α-hetero) is 1. The van der Waals surface area contributed by atoms with Crippen LogP contribution in [0.15, 0.2) is 0 Å². The Kier molecular flexibility index (Phi) is 4.44. The van der Waals surface area contributed by atoms with E-state index in [0.717, 1.165) is 17.9 Å². The molecule has 1 saturated heterocycles. The molecule has 1 aliphatic rings. The summed E-state index contributed by atoms with van der Waals surface area (Å²) in [6, 6.07) is 0. The Morgan fingerprint density at radius 3 is 2.88 bits per heavy atom. The van der Waals surface area contributed by atoms with E-state index in [1.807, 2.05) is 11.8 Å². The molecule has 0 saturated carbocycles. The molecule has 0 aromatic carbocycles. The quantitative estimate of drug-likeness (QED) is 0.813. The molecule has 1 aromatic heterocycles. The molecule has 2 unspecified atom stereocenters. The lowest BCUT2D eigenvalue weighted by Gasteiger charge is -2.28. The summed E-state index contributed by atoms with van der Waals surface area (Å²) in [5, 5.41) is 12.2. The normalized spacial score (nSPS) is 24.8. The molecule has 7 heteroatoms. The van der Waals surface area contributed by atoms with Gasteiger partial charge < -0.3 is 0 Å². The first-order chi connectivity index (χ1) is 8.20. The average Bonchev–Trinajstić information content (AvgIpc) is 2.74. The highest BCUT2D eigenvalue weighted by molar-refractivity contribution is 8.07. The van der Waals surface area contributed by atoms with Crippen molar-refractivity contribution >= 4 is 29.3 Å². The molecule has 0 spiro atoms. The molecule has 0 bridgehead atoms. The molecule has 0 N–H and O–H groups in total. The Labute approximate surface area is 109 Å². The first kappa shape index (κ1) is 12.9. The van der Waals surface area contributed by atoms with Crippen LogP contribution in [0.5, 0.6) is 0 Å². The molecule has 2 rings (SSSR count). The van der Waals surface area contributed by atoms with E-state index in [1.165, 1.54) is 4.80 Å². The number of hydrogen-bond acceptors (Lipinski definition) is 6. The maximum atomic E-state index is 12.2. The number of aromatic nitrogens is 4. The predicted molar refractivity (Wildman–Crippen MR) is 70.3 cm³/mol. The molecule has 1 aliphatic heterocycles. The largest absolute Gasteiger partial charge is 0.298 e.